The van der Waals surface area contributed by atoms with Crippen LogP contribution in [0, 0.1) is 0 Å². The van der Waals surface area contributed by atoms with Crippen molar-refractivity contribution in [3.8, 4) is 0 Å². The van der Waals surface area contributed by atoms with Gasteiger partial charge in [-0.05, 0) is 17.7 Å². The quantitative estimate of drug-likeness (QED) is 0.601. The molecule has 0 spiro atoms. The van der Waals surface area contributed by atoms with Crippen LogP contribution in [-0.2, 0) is 15.8 Å². The summed E-state index contributed by atoms with van der Waals surface area (Å²) < 4.78 is 19.7. The van der Waals surface area contributed by atoms with E-state index in [1.165, 1.54) is 0 Å². The lowest BCUT2D eigenvalue weighted by Gasteiger charge is -2.23. The first-order chi connectivity index (χ1) is 13.2. The molecule has 1 aliphatic rings. The van der Waals surface area contributed by atoms with Gasteiger partial charge in [0.2, 0.25) is 0 Å². The zero-order valence-electron chi connectivity index (χ0n) is 14.7. The predicted octanol–water partition coefficient (Wildman–Crippen LogP) is 5.48. The molecule has 0 atom stereocenters. The Balaban J connectivity index is 1.69. The van der Waals surface area contributed by atoms with Crippen LogP contribution in [0.3, 0.4) is 0 Å². The molecule has 0 radical (unpaired) electrons. The van der Waals surface area contributed by atoms with Crippen molar-refractivity contribution in [3.63, 3.8) is 0 Å². The Kier molecular flexibility index (Phi) is 5.01. The van der Waals surface area contributed by atoms with Gasteiger partial charge in [-0.3, -0.25) is 14.6 Å². The van der Waals surface area contributed by atoms with Gasteiger partial charge in [0.15, 0.2) is 7.29 Å². The standard InChI is InChI=1S/C22H19N2O2P/c25-27(24-15-18-11-13-23-14-12-18)16-21(19-7-3-1-4-8-19)26-22(17-27)20-9-5-2-6-10-20/h1-14,16-17H,15H2,(H,24,25). The summed E-state index contributed by atoms with van der Waals surface area (Å²) in [6.45, 7) is 0.483. The highest BCUT2D eigenvalue weighted by atomic mass is 31.2. The van der Waals surface area contributed by atoms with E-state index < -0.39 is 7.29 Å². The second-order valence-corrected chi connectivity index (χ2v) is 8.47. The molecule has 1 aliphatic heterocycles. The van der Waals surface area contributed by atoms with E-state index in [0.29, 0.717) is 18.1 Å². The van der Waals surface area contributed by atoms with E-state index in [4.69, 9.17) is 4.74 Å². The minimum Gasteiger partial charge on any atom is -0.456 e. The van der Waals surface area contributed by atoms with Crippen LogP contribution in [0.25, 0.3) is 11.5 Å². The molecular weight excluding hydrogens is 355 g/mol. The molecule has 0 saturated heterocycles. The summed E-state index contributed by atoms with van der Waals surface area (Å²) in [4.78, 5) is 4.02. The van der Waals surface area contributed by atoms with Crippen molar-refractivity contribution >= 4 is 18.8 Å². The molecule has 0 bridgehead atoms. The number of hydrogen-bond acceptors (Lipinski definition) is 3. The van der Waals surface area contributed by atoms with E-state index in [-0.39, 0.29) is 0 Å². The van der Waals surface area contributed by atoms with Crippen LogP contribution in [0.1, 0.15) is 16.7 Å². The molecule has 4 nitrogen and oxygen atoms in total. The second kappa shape index (κ2) is 7.75. The highest BCUT2D eigenvalue weighted by Crippen LogP contribution is 2.53. The summed E-state index contributed by atoms with van der Waals surface area (Å²) in [5.74, 6) is 4.61. The fraction of sp³-hybridized carbons (Fsp3) is 0.0455. The molecule has 0 amide bonds. The number of rotatable bonds is 5. The van der Waals surface area contributed by atoms with Gasteiger partial charge < -0.3 is 4.74 Å². The highest BCUT2D eigenvalue weighted by Gasteiger charge is 2.26. The molecule has 0 fully saturated rings. The molecular formula is C22H19N2O2P. The number of ether oxygens (including phenoxy) is 1. The van der Waals surface area contributed by atoms with Crippen LogP contribution in [0.15, 0.2) is 96.8 Å². The molecule has 2 heterocycles. The lowest BCUT2D eigenvalue weighted by Crippen LogP contribution is -2.11. The molecule has 134 valence electrons. The Labute approximate surface area is 158 Å². The van der Waals surface area contributed by atoms with E-state index in [1.54, 1.807) is 24.0 Å². The van der Waals surface area contributed by atoms with Crippen molar-refractivity contribution < 1.29 is 9.30 Å². The van der Waals surface area contributed by atoms with E-state index >= 15 is 0 Å². The third-order valence-electron chi connectivity index (χ3n) is 4.23. The molecule has 0 saturated carbocycles. The van der Waals surface area contributed by atoms with Gasteiger partial charge in [0.1, 0.15) is 11.5 Å². The fourth-order valence-electron chi connectivity index (χ4n) is 2.84. The Bertz CT molecular complexity index is 956. The third-order valence-corrected chi connectivity index (χ3v) is 6.12. The van der Waals surface area contributed by atoms with Crippen molar-refractivity contribution in [3.05, 3.63) is 114 Å². The average Bonchev–Trinajstić information content (AvgIpc) is 2.74. The van der Waals surface area contributed by atoms with Gasteiger partial charge in [0.05, 0.1) is 0 Å². The Morgan fingerprint density at radius 1 is 0.778 bits per heavy atom. The first kappa shape index (κ1) is 17.5. The molecule has 27 heavy (non-hydrogen) atoms. The number of nitrogens with one attached hydrogen (secondary N) is 1. The summed E-state index contributed by atoms with van der Waals surface area (Å²) in [7, 11) is -2.94. The monoisotopic (exact) mass is 374 g/mol. The van der Waals surface area contributed by atoms with Gasteiger partial charge in [-0.1, -0.05) is 60.7 Å². The van der Waals surface area contributed by atoms with E-state index in [0.717, 1.165) is 16.7 Å². The molecule has 2 aromatic carbocycles. The van der Waals surface area contributed by atoms with Crippen LogP contribution in [0.2, 0.25) is 0 Å². The number of hydrogen-bond donors (Lipinski definition) is 1. The summed E-state index contributed by atoms with van der Waals surface area (Å²) in [5, 5.41) is 3.21. The topological polar surface area (TPSA) is 51.2 Å². The Morgan fingerprint density at radius 2 is 1.30 bits per heavy atom. The second-order valence-electron chi connectivity index (χ2n) is 6.22. The van der Waals surface area contributed by atoms with Gasteiger partial charge in [-0.25, -0.2) is 0 Å². The number of benzene rings is 2. The van der Waals surface area contributed by atoms with Gasteiger partial charge in [0, 0.05) is 41.7 Å². The predicted molar refractivity (Wildman–Crippen MR) is 109 cm³/mol. The number of aromatic nitrogens is 1. The zero-order valence-corrected chi connectivity index (χ0v) is 15.6. The number of pyridine rings is 1. The summed E-state index contributed by atoms with van der Waals surface area (Å²) in [6.07, 6.45) is 3.46. The fourth-order valence-corrected chi connectivity index (χ4v) is 4.62. The minimum absolute atomic E-state index is 0.483. The SMILES string of the molecule is O=P1(NCc2ccncc2)C=C(c2ccccc2)OC(c2ccccc2)=C1. The third kappa shape index (κ3) is 4.25. The summed E-state index contributed by atoms with van der Waals surface area (Å²) in [5.41, 5.74) is 2.81. The van der Waals surface area contributed by atoms with Gasteiger partial charge in [0.25, 0.3) is 0 Å². The minimum atomic E-state index is -2.94. The first-order valence-electron chi connectivity index (χ1n) is 8.70. The van der Waals surface area contributed by atoms with E-state index in [9.17, 15) is 4.57 Å². The van der Waals surface area contributed by atoms with E-state index in [2.05, 4.69) is 10.1 Å². The normalized spacial score (nSPS) is 15.4. The average molecular weight is 374 g/mol. The van der Waals surface area contributed by atoms with Crippen molar-refractivity contribution in [2.45, 2.75) is 6.54 Å². The largest absolute Gasteiger partial charge is 0.456 e. The maximum atomic E-state index is 13.6. The molecule has 3 aromatic rings. The highest BCUT2D eigenvalue weighted by molar-refractivity contribution is 7.68. The van der Waals surface area contributed by atoms with Crippen LogP contribution in [-0.4, -0.2) is 4.98 Å². The maximum absolute atomic E-state index is 13.6. The van der Waals surface area contributed by atoms with Gasteiger partial charge in [-0.15, -0.1) is 0 Å². The van der Waals surface area contributed by atoms with Crippen molar-refractivity contribution in [1.82, 2.24) is 10.1 Å². The van der Waals surface area contributed by atoms with Crippen LogP contribution < -0.4 is 5.09 Å². The van der Waals surface area contributed by atoms with Crippen molar-refractivity contribution in [2.24, 2.45) is 0 Å². The smallest absolute Gasteiger partial charge is 0.198 e. The molecule has 4 rings (SSSR count). The summed E-state index contributed by atoms with van der Waals surface area (Å²) in [6, 6.07) is 23.3. The van der Waals surface area contributed by atoms with Gasteiger partial charge >= 0.3 is 0 Å². The maximum Gasteiger partial charge on any atom is 0.198 e. The zero-order chi connectivity index (χ0) is 18.5. The molecule has 0 unspecified atom stereocenters. The molecule has 1 aromatic heterocycles. The molecule has 1 N–H and O–H groups in total. The Hall–Kier alpha value is -2.94. The van der Waals surface area contributed by atoms with E-state index in [1.807, 2.05) is 72.8 Å². The van der Waals surface area contributed by atoms with Gasteiger partial charge in [-0.2, -0.15) is 0 Å². The lowest BCUT2D eigenvalue weighted by molar-refractivity contribution is 0.468. The molecule has 0 aliphatic carbocycles. The molecule has 5 heteroatoms. The van der Waals surface area contributed by atoms with Crippen LogP contribution in [0.5, 0.6) is 0 Å². The van der Waals surface area contributed by atoms with Crippen molar-refractivity contribution in [2.75, 3.05) is 0 Å². The number of nitrogens with zero attached hydrogens (tertiary/aromatic N) is 1. The van der Waals surface area contributed by atoms with Crippen molar-refractivity contribution in [1.29, 1.82) is 0 Å². The summed E-state index contributed by atoms with van der Waals surface area (Å²) >= 11 is 0. The first-order valence-corrected chi connectivity index (χ1v) is 10.5. The van der Waals surface area contributed by atoms with Crippen LogP contribution >= 0.6 is 7.29 Å². The van der Waals surface area contributed by atoms with Crippen LogP contribution in [0.4, 0.5) is 0 Å². The Morgan fingerprint density at radius 3 is 1.81 bits per heavy atom. The lowest BCUT2D eigenvalue weighted by atomic mass is 10.2.